The van der Waals surface area contributed by atoms with Crippen molar-refractivity contribution in [1.29, 1.82) is 0 Å². The molecule has 0 atom stereocenters. The number of aromatic nitrogens is 1. The number of hydrogen-bond acceptors (Lipinski definition) is 2. The van der Waals surface area contributed by atoms with Gasteiger partial charge in [0.25, 0.3) is 5.91 Å². The summed E-state index contributed by atoms with van der Waals surface area (Å²) in [5.41, 5.74) is 3.16. The molecule has 0 spiro atoms. The van der Waals surface area contributed by atoms with E-state index in [9.17, 15) is 4.79 Å². The summed E-state index contributed by atoms with van der Waals surface area (Å²) in [5, 5.41) is 3.96. The van der Waals surface area contributed by atoms with Gasteiger partial charge in [0.05, 0.1) is 0 Å². The molecule has 19 heavy (non-hydrogen) atoms. The van der Waals surface area contributed by atoms with Crippen LogP contribution in [-0.2, 0) is 7.05 Å². The molecule has 1 amide bonds. The third-order valence-corrected chi connectivity index (χ3v) is 2.90. The molecule has 0 fully saturated rings. The maximum atomic E-state index is 11.7. The molecule has 1 aromatic heterocycles. The predicted molar refractivity (Wildman–Crippen MR) is 77.0 cm³/mol. The first-order valence-electron chi connectivity index (χ1n) is 7.01. The van der Waals surface area contributed by atoms with E-state index in [0.29, 0.717) is 5.56 Å². The van der Waals surface area contributed by atoms with Gasteiger partial charge in [0.1, 0.15) is 12.6 Å². The molecule has 1 N–H and O–H groups in total. The minimum absolute atomic E-state index is 0.168. The van der Waals surface area contributed by atoms with Crippen LogP contribution >= 0.6 is 0 Å². The Morgan fingerprint density at radius 2 is 2.16 bits per heavy atom. The highest BCUT2D eigenvalue weighted by Crippen LogP contribution is 2.03. The van der Waals surface area contributed by atoms with Gasteiger partial charge in [0.2, 0.25) is 0 Å². The molecule has 0 aromatic carbocycles. The van der Waals surface area contributed by atoms with E-state index >= 15 is 0 Å². The van der Waals surface area contributed by atoms with Crippen LogP contribution in [0, 0.1) is 0 Å². The number of aryl methyl sites for hydroxylation is 1. The summed E-state index contributed by atoms with van der Waals surface area (Å²) in [4.78, 5) is 11.7. The summed E-state index contributed by atoms with van der Waals surface area (Å²) >= 11 is 0. The van der Waals surface area contributed by atoms with Crippen molar-refractivity contribution in [3.05, 3.63) is 30.1 Å². The van der Waals surface area contributed by atoms with Gasteiger partial charge in [0.15, 0.2) is 12.4 Å². The highest BCUT2D eigenvalue weighted by Gasteiger charge is 2.06. The van der Waals surface area contributed by atoms with Crippen LogP contribution in [-0.4, -0.2) is 12.1 Å². The zero-order valence-electron chi connectivity index (χ0n) is 11.9. The number of nitrogens with one attached hydrogen (secondary N) is 1. The molecule has 0 saturated carbocycles. The number of amides is 1. The lowest BCUT2D eigenvalue weighted by atomic mass is 10.1. The Hall–Kier alpha value is -1.71. The number of rotatable bonds is 8. The van der Waals surface area contributed by atoms with Crippen LogP contribution in [0.1, 0.15) is 55.8 Å². The van der Waals surface area contributed by atoms with Gasteiger partial charge in [-0.1, -0.05) is 32.6 Å². The van der Waals surface area contributed by atoms with Gasteiger partial charge < -0.3 is 0 Å². The van der Waals surface area contributed by atoms with Crippen LogP contribution in [0.2, 0.25) is 0 Å². The third kappa shape index (κ3) is 6.70. The second-order valence-electron chi connectivity index (χ2n) is 4.71. The summed E-state index contributed by atoms with van der Waals surface area (Å²) in [6.45, 7) is 2.21. The van der Waals surface area contributed by atoms with E-state index in [2.05, 4.69) is 17.5 Å². The van der Waals surface area contributed by atoms with Crippen LogP contribution in [0.4, 0.5) is 0 Å². The SMILES string of the molecule is CCCCCCC/C=N/NC(=O)c1ccc[n+](C)c1. The Morgan fingerprint density at radius 1 is 1.37 bits per heavy atom. The van der Waals surface area contributed by atoms with E-state index in [1.165, 1.54) is 25.7 Å². The molecular weight excluding hydrogens is 238 g/mol. The van der Waals surface area contributed by atoms with Gasteiger partial charge in [-0.15, -0.1) is 0 Å². The van der Waals surface area contributed by atoms with E-state index in [4.69, 9.17) is 0 Å². The van der Waals surface area contributed by atoms with E-state index in [-0.39, 0.29) is 5.91 Å². The molecule has 1 aromatic rings. The van der Waals surface area contributed by atoms with E-state index in [1.54, 1.807) is 18.5 Å². The summed E-state index contributed by atoms with van der Waals surface area (Å²) in [7, 11) is 1.89. The van der Waals surface area contributed by atoms with Crippen molar-refractivity contribution in [1.82, 2.24) is 5.43 Å². The molecule has 0 unspecified atom stereocenters. The normalized spacial score (nSPS) is 10.8. The lowest BCUT2D eigenvalue weighted by molar-refractivity contribution is -0.671. The number of carbonyl (C=O) groups excluding carboxylic acids is 1. The highest BCUT2D eigenvalue weighted by molar-refractivity contribution is 5.93. The Kier molecular flexibility index (Phi) is 7.47. The molecule has 0 aliphatic rings. The smallest absolute Gasteiger partial charge is 0.267 e. The summed E-state index contributed by atoms with van der Waals surface area (Å²) in [6, 6.07) is 3.61. The monoisotopic (exact) mass is 262 g/mol. The van der Waals surface area contributed by atoms with Gasteiger partial charge in [-0.05, 0) is 18.9 Å². The van der Waals surface area contributed by atoms with Crippen LogP contribution in [0.15, 0.2) is 29.6 Å². The first kappa shape index (κ1) is 15.3. The van der Waals surface area contributed by atoms with Crippen molar-refractivity contribution in [3.8, 4) is 0 Å². The summed E-state index contributed by atoms with van der Waals surface area (Å²) in [5.74, 6) is -0.168. The molecule has 0 saturated heterocycles. The average molecular weight is 262 g/mol. The minimum Gasteiger partial charge on any atom is -0.267 e. The zero-order chi connectivity index (χ0) is 13.9. The second kappa shape index (κ2) is 9.25. The molecule has 104 valence electrons. The molecule has 0 bridgehead atoms. The Bertz CT molecular complexity index is 416. The largest absolute Gasteiger partial charge is 0.277 e. The van der Waals surface area contributed by atoms with Gasteiger partial charge in [-0.3, -0.25) is 4.79 Å². The lowest BCUT2D eigenvalue weighted by Crippen LogP contribution is -2.29. The summed E-state index contributed by atoms with van der Waals surface area (Å²) < 4.78 is 1.84. The second-order valence-corrected chi connectivity index (χ2v) is 4.71. The Balaban J connectivity index is 2.19. The van der Waals surface area contributed by atoms with Crippen LogP contribution < -0.4 is 9.99 Å². The molecule has 1 heterocycles. The number of carbonyl (C=O) groups is 1. The number of unbranched alkanes of at least 4 members (excludes halogenated alkanes) is 5. The molecular formula is C15H24N3O+. The van der Waals surface area contributed by atoms with E-state index in [1.807, 2.05) is 23.9 Å². The van der Waals surface area contributed by atoms with Crippen molar-refractivity contribution in [2.24, 2.45) is 12.1 Å². The first-order chi connectivity index (χ1) is 9.24. The van der Waals surface area contributed by atoms with Crippen molar-refractivity contribution < 1.29 is 9.36 Å². The minimum atomic E-state index is -0.168. The van der Waals surface area contributed by atoms with Gasteiger partial charge in [0, 0.05) is 12.3 Å². The van der Waals surface area contributed by atoms with Crippen molar-refractivity contribution in [2.75, 3.05) is 0 Å². The van der Waals surface area contributed by atoms with Crippen LogP contribution in [0.5, 0.6) is 0 Å². The maximum Gasteiger partial charge on any atom is 0.277 e. The fraction of sp³-hybridized carbons (Fsp3) is 0.533. The number of nitrogens with zero attached hydrogens (tertiary/aromatic N) is 2. The molecule has 0 aliphatic carbocycles. The number of hydrazone groups is 1. The topological polar surface area (TPSA) is 45.3 Å². The highest BCUT2D eigenvalue weighted by atomic mass is 16.2. The van der Waals surface area contributed by atoms with Crippen molar-refractivity contribution in [3.63, 3.8) is 0 Å². The predicted octanol–water partition coefficient (Wildman–Crippen LogP) is 2.59. The van der Waals surface area contributed by atoms with Gasteiger partial charge in [-0.25, -0.2) is 9.99 Å². The summed E-state index contributed by atoms with van der Waals surface area (Å²) in [6.07, 6.45) is 12.6. The van der Waals surface area contributed by atoms with Crippen LogP contribution in [0.25, 0.3) is 0 Å². The maximum absolute atomic E-state index is 11.7. The zero-order valence-corrected chi connectivity index (χ0v) is 11.9. The molecule has 4 heteroatoms. The molecule has 0 aliphatic heterocycles. The van der Waals surface area contributed by atoms with Crippen LogP contribution in [0.3, 0.4) is 0 Å². The first-order valence-corrected chi connectivity index (χ1v) is 7.01. The molecule has 4 nitrogen and oxygen atoms in total. The standard InChI is InChI=1S/C15H23N3O/c1-3-4-5-6-7-8-11-16-17-15(19)14-10-9-12-18(2)13-14/h9-13H,3-8H2,1-2H3/p+1/b16-11+. The number of pyridine rings is 1. The Morgan fingerprint density at radius 3 is 2.89 bits per heavy atom. The van der Waals surface area contributed by atoms with E-state index in [0.717, 1.165) is 12.8 Å². The molecule has 0 radical (unpaired) electrons. The fourth-order valence-corrected chi connectivity index (χ4v) is 1.79. The van der Waals surface area contributed by atoms with Gasteiger partial charge in [-0.2, -0.15) is 5.10 Å². The average Bonchev–Trinajstić information content (AvgIpc) is 2.41. The van der Waals surface area contributed by atoms with Gasteiger partial charge >= 0.3 is 0 Å². The third-order valence-electron chi connectivity index (χ3n) is 2.90. The quantitative estimate of drug-likeness (QED) is 0.333. The fourth-order valence-electron chi connectivity index (χ4n) is 1.79. The molecule has 1 rings (SSSR count). The number of hydrogen-bond donors (Lipinski definition) is 1. The van der Waals surface area contributed by atoms with Crippen molar-refractivity contribution >= 4 is 12.1 Å². The lowest BCUT2D eigenvalue weighted by Gasteiger charge is -1.98. The van der Waals surface area contributed by atoms with Crippen molar-refractivity contribution in [2.45, 2.75) is 45.4 Å². The Labute approximate surface area is 115 Å². The van der Waals surface area contributed by atoms with E-state index < -0.39 is 0 Å².